The fraction of sp³-hybridized carbons (Fsp3) is 1.00. The van der Waals surface area contributed by atoms with Crippen LogP contribution in [0.2, 0.25) is 0 Å². The van der Waals surface area contributed by atoms with E-state index in [-0.39, 0.29) is 0 Å². The molecule has 1 N–H and O–H groups in total. The molecular weight excluding hydrogens is 146 g/mol. The van der Waals surface area contributed by atoms with E-state index in [4.69, 9.17) is 0 Å². The summed E-state index contributed by atoms with van der Waals surface area (Å²) in [7, 11) is 2.03. The first-order chi connectivity index (χ1) is 5.50. The lowest BCUT2D eigenvalue weighted by Crippen LogP contribution is -2.27. The van der Waals surface area contributed by atoms with Crippen LogP contribution in [0.4, 0.5) is 0 Å². The van der Waals surface area contributed by atoms with E-state index in [0.717, 1.165) is 30.2 Å². The Hall–Kier alpha value is -0.0400. The van der Waals surface area contributed by atoms with E-state index in [1.54, 1.807) is 0 Å². The van der Waals surface area contributed by atoms with Crippen molar-refractivity contribution in [3.8, 4) is 0 Å². The molecular formula is C11H25N. The lowest BCUT2D eigenvalue weighted by Gasteiger charge is -2.28. The molecule has 0 aliphatic heterocycles. The molecule has 0 saturated heterocycles. The van der Waals surface area contributed by atoms with Gasteiger partial charge in [-0.25, -0.2) is 0 Å². The molecule has 0 bridgehead atoms. The van der Waals surface area contributed by atoms with Gasteiger partial charge in [-0.2, -0.15) is 0 Å². The minimum Gasteiger partial charge on any atom is -0.319 e. The second kappa shape index (κ2) is 5.58. The average Bonchev–Trinajstić information content (AvgIpc) is 2.02. The van der Waals surface area contributed by atoms with Crippen LogP contribution >= 0.6 is 0 Å². The highest BCUT2D eigenvalue weighted by Crippen LogP contribution is 2.25. The molecule has 74 valence electrons. The van der Waals surface area contributed by atoms with Crippen molar-refractivity contribution >= 4 is 0 Å². The van der Waals surface area contributed by atoms with Crippen molar-refractivity contribution in [3.05, 3.63) is 0 Å². The predicted molar refractivity (Wildman–Crippen MR) is 56.3 cm³/mol. The Balaban J connectivity index is 3.90. The summed E-state index contributed by atoms with van der Waals surface area (Å²) in [5.41, 5.74) is 0. The Bertz CT molecular complexity index is 110. The second-order valence-electron chi connectivity index (χ2n) is 4.50. The molecule has 0 aromatic carbocycles. The van der Waals surface area contributed by atoms with Gasteiger partial charge in [0.25, 0.3) is 0 Å². The fourth-order valence-electron chi connectivity index (χ4n) is 1.63. The summed E-state index contributed by atoms with van der Waals surface area (Å²) < 4.78 is 0. The molecule has 0 heterocycles. The highest BCUT2D eigenvalue weighted by Gasteiger charge is 2.20. The molecule has 3 unspecified atom stereocenters. The van der Waals surface area contributed by atoms with E-state index < -0.39 is 0 Å². The minimum atomic E-state index is 0.785. The van der Waals surface area contributed by atoms with Crippen LogP contribution < -0.4 is 5.32 Å². The van der Waals surface area contributed by atoms with Crippen LogP contribution in [-0.4, -0.2) is 13.6 Å². The van der Waals surface area contributed by atoms with Crippen molar-refractivity contribution in [2.45, 2.75) is 34.6 Å². The monoisotopic (exact) mass is 171 g/mol. The van der Waals surface area contributed by atoms with E-state index in [2.05, 4.69) is 39.9 Å². The summed E-state index contributed by atoms with van der Waals surface area (Å²) in [5, 5.41) is 3.24. The van der Waals surface area contributed by atoms with Gasteiger partial charge < -0.3 is 5.32 Å². The molecule has 0 aliphatic carbocycles. The lowest BCUT2D eigenvalue weighted by atomic mass is 9.79. The molecule has 0 amide bonds. The van der Waals surface area contributed by atoms with Gasteiger partial charge in [0.15, 0.2) is 0 Å². The predicted octanol–water partition coefficient (Wildman–Crippen LogP) is 2.77. The standard InChI is InChI=1S/C11H25N/c1-8(2)10(4)11(5)9(3)7-12-6/h8-12H,7H2,1-6H3. The number of hydrogen-bond acceptors (Lipinski definition) is 1. The lowest BCUT2D eigenvalue weighted by molar-refractivity contribution is 0.221. The highest BCUT2D eigenvalue weighted by molar-refractivity contribution is 4.71. The van der Waals surface area contributed by atoms with Gasteiger partial charge in [-0.15, -0.1) is 0 Å². The van der Waals surface area contributed by atoms with Gasteiger partial charge in [0, 0.05) is 0 Å². The number of rotatable bonds is 5. The third-order valence-electron chi connectivity index (χ3n) is 3.30. The van der Waals surface area contributed by atoms with Gasteiger partial charge in [0.05, 0.1) is 0 Å². The van der Waals surface area contributed by atoms with Crippen LogP contribution in [0.1, 0.15) is 34.6 Å². The molecule has 1 nitrogen and oxygen atoms in total. The quantitative estimate of drug-likeness (QED) is 0.670. The van der Waals surface area contributed by atoms with Gasteiger partial charge >= 0.3 is 0 Å². The van der Waals surface area contributed by atoms with Crippen molar-refractivity contribution < 1.29 is 0 Å². The normalized spacial score (nSPS) is 19.2. The molecule has 0 aromatic rings. The van der Waals surface area contributed by atoms with E-state index >= 15 is 0 Å². The maximum Gasteiger partial charge on any atom is -0.00235 e. The second-order valence-corrected chi connectivity index (χ2v) is 4.50. The molecule has 0 radical (unpaired) electrons. The van der Waals surface area contributed by atoms with Gasteiger partial charge in [-0.1, -0.05) is 34.6 Å². The summed E-state index contributed by atoms with van der Waals surface area (Å²) in [4.78, 5) is 0. The summed E-state index contributed by atoms with van der Waals surface area (Å²) in [5.74, 6) is 3.23. The van der Waals surface area contributed by atoms with Crippen molar-refractivity contribution in [3.63, 3.8) is 0 Å². The summed E-state index contributed by atoms with van der Waals surface area (Å²) in [6.07, 6.45) is 0. The zero-order valence-corrected chi connectivity index (χ0v) is 9.52. The number of hydrogen-bond donors (Lipinski definition) is 1. The summed E-state index contributed by atoms with van der Waals surface area (Å²) >= 11 is 0. The van der Waals surface area contributed by atoms with Gasteiger partial charge in [-0.05, 0) is 37.3 Å². The Morgan fingerprint density at radius 3 is 1.75 bits per heavy atom. The zero-order chi connectivity index (χ0) is 9.72. The Kier molecular flexibility index (Phi) is 5.56. The molecule has 3 atom stereocenters. The largest absolute Gasteiger partial charge is 0.319 e. The molecule has 0 saturated carbocycles. The van der Waals surface area contributed by atoms with Crippen molar-refractivity contribution in [2.24, 2.45) is 23.7 Å². The van der Waals surface area contributed by atoms with Crippen molar-refractivity contribution in [2.75, 3.05) is 13.6 Å². The third-order valence-corrected chi connectivity index (χ3v) is 3.30. The Morgan fingerprint density at radius 1 is 0.917 bits per heavy atom. The van der Waals surface area contributed by atoms with Gasteiger partial charge in [-0.3, -0.25) is 0 Å². The zero-order valence-electron chi connectivity index (χ0n) is 9.52. The van der Waals surface area contributed by atoms with E-state index in [1.165, 1.54) is 0 Å². The van der Waals surface area contributed by atoms with Crippen LogP contribution in [0, 0.1) is 23.7 Å². The van der Waals surface area contributed by atoms with Crippen LogP contribution in [0.25, 0.3) is 0 Å². The Labute approximate surface area is 77.9 Å². The SMILES string of the molecule is CNCC(C)C(C)C(C)C(C)C. The molecule has 0 spiro atoms. The molecule has 1 heteroatoms. The maximum atomic E-state index is 3.24. The molecule has 0 aliphatic rings. The molecule has 0 aromatic heterocycles. The van der Waals surface area contributed by atoms with Crippen LogP contribution in [0.15, 0.2) is 0 Å². The topological polar surface area (TPSA) is 12.0 Å². The van der Waals surface area contributed by atoms with Gasteiger partial charge in [0.1, 0.15) is 0 Å². The van der Waals surface area contributed by atoms with E-state index in [0.29, 0.717) is 0 Å². The third kappa shape index (κ3) is 3.57. The van der Waals surface area contributed by atoms with Crippen LogP contribution in [0.3, 0.4) is 0 Å². The average molecular weight is 171 g/mol. The first-order valence-electron chi connectivity index (χ1n) is 5.15. The summed E-state index contributed by atoms with van der Waals surface area (Å²) in [6, 6.07) is 0. The minimum absolute atomic E-state index is 0.785. The molecule has 0 fully saturated rings. The fourth-order valence-corrected chi connectivity index (χ4v) is 1.63. The van der Waals surface area contributed by atoms with Crippen molar-refractivity contribution in [1.82, 2.24) is 5.32 Å². The molecule has 0 rings (SSSR count). The van der Waals surface area contributed by atoms with E-state index in [1.807, 2.05) is 7.05 Å². The molecule has 12 heavy (non-hydrogen) atoms. The first kappa shape index (κ1) is 12.0. The maximum absolute atomic E-state index is 3.24. The summed E-state index contributed by atoms with van der Waals surface area (Å²) in [6.45, 7) is 12.8. The van der Waals surface area contributed by atoms with E-state index in [9.17, 15) is 0 Å². The number of nitrogens with one attached hydrogen (secondary N) is 1. The van der Waals surface area contributed by atoms with Gasteiger partial charge in [0.2, 0.25) is 0 Å². The van der Waals surface area contributed by atoms with Crippen LogP contribution in [0.5, 0.6) is 0 Å². The first-order valence-corrected chi connectivity index (χ1v) is 5.15. The highest BCUT2D eigenvalue weighted by atomic mass is 14.8. The van der Waals surface area contributed by atoms with Crippen LogP contribution in [-0.2, 0) is 0 Å². The van der Waals surface area contributed by atoms with Crippen molar-refractivity contribution in [1.29, 1.82) is 0 Å². The Morgan fingerprint density at radius 2 is 1.42 bits per heavy atom. The smallest absolute Gasteiger partial charge is 0.00235 e.